The van der Waals surface area contributed by atoms with Gasteiger partial charge in [-0.2, -0.15) is 0 Å². The van der Waals surface area contributed by atoms with Crippen LogP contribution in [0.5, 0.6) is 5.75 Å². The standard InChI is InChI=1S/C18H26N2O4/c1-22-9-6-16-13-20(8-11-23-16)18(21)14-19-7-10-24-17-5-3-2-4-15(17)12-19/h2-5,16H,6-14H2,1H3/t16-/m0/s1. The molecule has 1 fully saturated rings. The van der Waals surface area contributed by atoms with Crippen molar-refractivity contribution in [2.75, 3.05) is 53.1 Å². The molecular weight excluding hydrogens is 308 g/mol. The molecule has 2 aliphatic heterocycles. The fraction of sp³-hybridized carbons (Fsp3) is 0.611. The number of rotatable bonds is 5. The molecule has 24 heavy (non-hydrogen) atoms. The van der Waals surface area contributed by atoms with E-state index in [-0.39, 0.29) is 12.0 Å². The van der Waals surface area contributed by atoms with Gasteiger partial charge in [-0.1, -0.05) is 18.2 Å². The zero-order valence-electron chi connectivity index (χ0n) is 14.3. The van der Waals surface area contributed by atoms with Gasteiger partial charge in [-0.25, -0.2) is 0 Å². The summed E-state index contributed by atoms with van der Waals surface area (Å²) in [6.07, 6.45) is 0.904. The number of ether oxygens (including phenoxy) is 3. The van der Waals surface area contributed by atoms with Crippen LogP contribution < -0.4 is 4.74 Å². The van der Waals surface area contributed by atoms with E-state index in [1.54, 1.807) is 7.11 Å². The van der Waals surface area contributed by atoms with E-state index in [1.165, 1.54) is 0 Å². The van der Waals surface area contributed by atoms with E-state index in [9.17, 15) is 4.79 Å². The van der Waals surface area contributed by atoms with E-state index in [0.717, 1.165) is 30.8 Å². The Bertz CT molecular complexity index is 552. The fourth-order valence-electron chi connectivity index (χ4n) is 3.18. The Morgan fingerprint density at radius 2 is 2.17 bits per heavy atom. The Morgan fingerprint density at radius 3 is 3.04 bits per heavy atom. The monoisotopic (exact) mass is 334 g/mol. The van der Waals surface area contributed by atoms with E-state index in [4.69, 9.17) is 14.2 Å². The molecule has 0 N–H and O–H groups in total. The molecule has 2 aliphatic rings. The Kier molecular flexibility index (Phi) is 6.07. The molecule has 0 spiro atoms. The molecule has 0 bridgehead atoms. The lowest BCUT2D eigenvalue weighted by Gasteiger charge is -2.34. The summed E-state index contributed by atoms with van der Waals surface area (Å²) in [4.78, 5) is 16.7. The molecule has 1 atom stereocenters. The first-order valence-electron chi connectivity index (χ1n) is 8.57. The highest BCUT2D eigenvalue weighted by molar-refractivity contribution is 5.78. The van der Waals surface area contributed by atoms with Gasteiger partial charge in [0, 0.05) is 45.5 Å². The van der Waals surface area contributed by atoms with Gasteiger partial charge in [0.15, 0.2) is 0 Å². The van der Waals surface area contributed by atoms with Crippen LogP contribution in [-0.4, -0.2) is 74.9 Å². The van der Waals surface area contributed by atoms with Gasteiger partial charge in [0.1, 0.15) is 12.4 Å². The second-order valence-corrected chi connectivity index (χ2v) is 6.28. The summed E-state index contributed by atoms with van der Waals surface area (Å²) >= 11 is 0. The van der Waals surface area contributed by atoms with Gasteiger partial charge in [-0.3, -0.25) is 9.69 Å². The van der Waals surface area contributed by atoms with Crippen LogP contribution in [0.4, 0.5) is 0 Å². The van der Waals surface area contributed by atoms with Crippen LogP contribution in [0, 0.1) is 0 Å². The summed E-state index contributed by atoms with van der Waals surface area (Å²) in [6, 6.07) is 8.04. The summed E-state index contributed by atoms with van der Waals surface area (Å²) in [7, 11) is 1.69. The van der Waals surface area contributed by atoms with E-state index >= 15 is 0 Å². The number of fused-ring (bicyclic) bond motifs is 1. The van der Waals surface area contributed by atoms with Gasteiger partial charge >= 0.3 is 0 Å². The molecule has 3 rings (SSSR count). The number of carbonyl (C=O) groups is 1. The zero-order chi connectivity index (χ0) is 16.8. The van der Waals surface area contributed by atoms with Crippen LogP contribution in [-0.2, 0) is 20.8 Å². The van der Waals surface area contributed by atoms with Gasteiger partial charge in [-0.15, -0.1) is 0 Å². The molecule has 0 aliphatic carbocycles. The summed E-state index contributed by atoms with van der Waals surface area (Å²) < 4.78 is 16.6. The number of methoxy groups -OCH3 is 1. The number of nitrogens with zero attached hydrogens (tertiary/aromatic N) is 2. The summed E-state index contributed by atoms with van der Waals surface area (Å²) in [5.41, 5.74) is 1.14. The second kappa shape index (κ2) is 8.46. The first-order chi connectivity index (χ1) is 11.8. The molecule has 1 saturated heterocycles. The fourth-order valence-corrected chi connectivity index (χ4v) is 3.18. The average Bonchev–Trinajstić information content (AvgIpc) is 2.81. The van der Waals surface area contributed by atoms with Crippen molar-refractivity contribution in [3.63, 3.8) is 0 Å². The van der Waals surface area contributed by atoms with E-state index in [0.29, 0.717) is 39.5 Å². The summed E-state index contributed by atoms with van der Waals surface area (Å²) in [6.45, 7) is 5.14. The molecule has 1 aromatic rings. The van der Waals surface area contributed by atoms with Crippen molar-refractivity contribution in [3.8, 4) is 5.75 Å². The van der Waals surface area contributed by atoms with Crippen molar-refractivity contribution in [2.45, 2.75) is 19.1 Å². The predicted molar refractivity (Wildman–Crippen MR) is 90.0 cm³/mol. The highest BCUT2D eigenvalue weighted by Gasteiger charge is 2.26. The third kappa shape index (κ3) is 4.47. The van der Waals surface area contributed by atoms with Crippen LogP contribution in [0.25, 0.3) is 0 Å². The van der Waals surface area contributed by atoms with E-state index in [2.05, 4.69) is 11.0 Å². The summed E-state index contributed by atoms with van der Waals surface area (Å²) in [5.74, 6) is 1.10. The van der Waals surface area contributed by atoms with E-state index in [1.807, 2.05) is 23.1 Å². The molecule has 2 heterocycles. The molecule has 0 aromatic heterocycles. The van der Waals surface area contributed by atoms with Gasteiger partial charge in [0.2, 0.25) is 5.91 Å². The normalized spacial score (nSPS) is 21.7. The van der Waals surface area contributed by atoms with Gasteiger partial charge < -0.3 is 19.1 Å². The van der Waals surface area contributed by atoms with Crippen LogP contribution in [0.15, 0.2) is 24.3 Å². The molecule has 1 amide bonds. The Labute approximate surface area is 143 Å². The summed E-state index contributed by atoms with van der Waals surface area (Å²) in [5, 5.41) is 0. The van der Waals surface area contributed by atoms with Crippen LogP contribution in [0.2, 0.25) is 0 Å². The maximum Gasteiger partial charge on any atom is 0.236 e. The SMILES string of the molecule is COCC[C@H]1CN(C(=O)CN2CCOc3ccccc3C2)CCO1. The minimum atomic E-state index is 0.0795. The Morgan fingerprint density at radius 1 is 1.29 bits per heavy atom. The number of para-hydroxylation sites is 1. The number of benzene rings is 1. The maximum absolute atomic E-state index is 12.7. The lowest BCUT2D eigenvalue weighted by molar-refractivity contribution is -0.140. The van der Waals surface area contributed by atoms with Crippen molar-refractivity contribution in [1.82, 2.24) is 9.80 Å². The Hall–Kier alpha value is -1.63. The van der Waals surface area contributed by atoms with Crippen molar-refractivity contribution in [2.24, 2.45) is 0 Å². The largest absolute Gasteiger partial charge is 0.492 e. The molecule has 0 unspecified atom stereocenters. The third-order valence-corrected chi connectivity index (χ3v) is 4.53. The molecule has 6 heteroatoms. The third-order valence-electron chi connectivity index (χ3n) is 4.53. The molecular formula is C18H26N2O4. The van der Waals surface area contributed by atoms with E-state index < -0.39 is 0 Å². The predicted octanol–water partition coefficient (Wildman–Crippen LogP) is 1.14. The minimum Gasteiger partial charge on any atom is -0.492 e. The van der Waals surface area contributed by atoms with Crippen LogP contribution in [0.1, 0.15) is 12.0 Å². The Balaban J connectivity index is 1.54. The quantitative estimate of drug-likeness (QED) is 0.808. The average molecular weight is 334 g/mol. The molecule has 0 radical (unpaired) electrons. The highest BCUT2D eigenvalue weighted by Crippen LogP contribution is 2.22. The van der Waals surface area contributed by atoms with Crippen molar-refractivity contribution < 1.29 is 19.0 Å². The molecule has 6 nitrogen and oxygen atoms in total. The van der Waals surface area contributed by atoms with Crippen LogP contribution in [0.3, 0.4) is 0 Å². The smallest absolute Gasteiger partial charge is 0.236 e. The highest BCUT2D eigenvalue weighted by atomic mass is 16.5. The number of carbonyl (C=O) groups excluding carboxylic acids is 1. The second-order valence-electron chi connectivity index (χ2n) is 6.28. The zero-order valence-corrected chi connectivity index (χ0v) is 14.3. The minimum absolute atomic E-state index is 0.0795. The lowest BCUT2D eigenvalue weighted by Crippen LogP contribution is -2.49. The molecule has 0 saturated carbocycles. The molecule has 132 valence electrons. The lowest BCUT2D eigenvalue weighted by atomic mass is 10.2. The van der Waals surface area contributed by atoms with Crippen LogP contribution >= 0.6 is 0 Å². The first-order valence-corrected chi connectivity index (χ1v) is 8.57. The van der Waals surface area contributed by atoms with Gasteiger partial charge in [0.05, 0.1) is 19.3 Å². The van der Waals surface area contributed by atoms with Crippen molar-refractivity contribution >= 4 is 5.91 Å². The topological polar surface area (TPSA) is 51.2 Å². The number of hydrogen-bond donors (Lipinski definition) is 0. The van der Waals surface area contributed by atoms with Crippen molar-refractivity contribution in [3.05, 3.63) is 29.8 Å². The van der Waals surface area contributed by atoms with Gasteiger partial charge in [-0.05, 0) is 12.5 Å². The number of amides is 1. The maximum atomic E-state index is 12.7. The molecule has 1 aromatic carbocycles. The number of morpholine rings is 1. The first kappa shape index (κ1) is 17.2. The number of hydrogen-bond acceptors (Lipinski definition) is 5. The van der Waals surface area contributed by atoms with Gasteiger partial charge in [0.25, 0.3) is 0 Å². The van der Waals surface area contributed by atoms with Crippen molar-refractivity contribution in [1.29, 1.82) is 0 Å².